The summed E-state index contributed by atoms with van der Waals surface area (Å²) in [5, 5.41) is 3.00. The second kappa shape index (κ2) is 10.1. The van der Waals surface area contributed by atoms with Gasteiger partial charge >= 0.3 is 5.97 Å². The Morgan fingerprint density at radius 1 is 1.24 bits per heavy atom. The average molecular weight is 474 g/mol. The molecule has 0 radical (unpaired) electrons. The lowest BCUT2D eigenvalue weighted by Crippen LogP contribution is -2.35. The number of piperidine rings is 1. The first-order valence-electron chi connectivity index (χ1n) is 10.5. The number of rotatable bonds is 6. The summed E-state index contributed by atoms with van der Waals surface area (Å²) in [7, 11) is 0. The minimum Gasteiger partial charge on any atom is -0.462 e. The number of anilines is 3. The number of nitrogens with one attached hydrogen (secondary N) is 1. The molecule has 2 aromatic heterocycles. The van der Waals surface area contributed by atoms with Crippen molar-refractivity contribution in [3.63, 3.8) is 0 Å². The molecular formula is C23H22ClF2N5O2. The molecular weight excluding hydrogens is 452 g/mol. The fourth-order valence-corrected chi connectivity index (χ4v) is 3.73. The van der Waals surface area contributed by atoms with Gasteiger partial charge < -0.3 is 15.0 Å². The van der Waals surface area contributed by atoms with E-state index >= 15 is 0 Å². The van der Waals surface area contributed by atoms with E-state index in [4.69, 9.17) is 16.3 Å². The van der Waals surface area contributed by atoms with E-state index in [9.17, 15) is 13.6 Å². The number of hydrogen-bond acceptors (Lipinski definition) is 7. The fraction of sp³-hybridized carbons (Fsp3) is 0.304. The molecule has 0 saturated carbocycles. The van der Waals surface area contributed by atoms with Gasteiger partial charge in [-0.15, -0.1) is 0 Å². The fourth-order valence-electron chi connectivity index (χ4n) is 3.55. The van der Waals surface area contributed by atoms with Crippen molar-refractivity contribution in [2.75, 3.05) is 29.9 Å². The summed E-state index contributed by atoms with van der Waals surface area (Å²) in [5.41, 5.74) is 2.11. The third-order valence-corrected chi connectivity index (χ3v) is 5.52. The first kappa shape index (κ1) is 22.8. The van der Waals surface area contributed by atoms with Crippen LogP contribution in [-0.2, 0) is 4.74 Å². The van der Waals surface area contributed by atoms with Gasteiger partial charge in [-0.2, -0.15) is 4.98 Å². The van der Waals surface area contributed by atoms with Crippen molar-refractivity contribution in [1.82, 2.24) is 15.0 Å². The summed E-state index contributed by atoms with van der Waals surface area (Å²) < 4.78 is 32.3. The standard InChI is InChI=1S/C23H22ClF2N5O2/c1-2-33-22(32)15-9-14(11-27-12-15)18-13-28-23(29-17-3-4-20(26)19(24)10-17)30-21(18)31-7-5-16(25)6-8-31/h3-4,9-13,16H,2,5-8H2,1H3,(H,28,29,30). The van der Waals surface area contributed by atoms with E-state index in [1.54, 1.807) is 25.4 Å². The van der Waals surface area contributed by atoms with Crippen LogP contribution in [0.1, 0.15) is 30.1 Å². The minimum absolute atomic E-state index is 0.0243. The van der Waals surface area contributed by atoms with Gasteiger partial charge in [0, 0.05) is 48.5 Å². The number of pyridine rings is 1. The van der Waals surface area contributed by atoms with Crippen LogP contribution in [-0.4, -0.2) is 46.8 Å². The molecule has 0 atom stereocenters. The molecule has 1 fully saturated rings. The Morgan fingerprint density at radius 2 is 2.03 bits per heavy atom. The number of carbonyl (C=O) groups excluding carboxylic acids is 1. The highest BCUT2D eigenvalue weighted by Crippen LogP contribution is 2.32. The second-order valence-corrected chi connectivity index (χ2v) is 7.94. The lowest BCUT2D eigenvalue weighted by molar-refractivity contribution is 0.0526. The molecule has 3 aromatic rings. The third kappa shape index (κ3) is 5.36. The summed E-state index contributed by atoms with van der Waals surface area (Å²) in [5.74, 6) is -0.148. The number of nitrogens with zero attached hydrogens (tertiary/aromatic N) is 4. The number of halogens is 3. The quantitative estimate of drug-likeness (QED) is 0.493. The van der Waals surface area contributed by atoms with Crippen molar-refractivity contribution in [3.8, 4) is 11.1 Å². The number of aromatic nitrogens is 3. The Hall–Kier alpha value is -3.33. The predicted molar refractivity (Wildman–Crippen MR) is 122 cm³/mol. The van der Waals surface area contributed by atoms with Crippen LogP contribution in [0.15, 0.2) is 42.9 Å². The molecule has 0 bridgehead atoms. The molecule has 10 heteroatoms. The van der Waals surface area contributed by atoms with E-state index in [0.717, 1.165) is 0 Å². The maximum atomic E-state index is 13.8. The van der Waals surface area contributed by atoms with Gasteiger partial charge in [0.05, 0.1) is 17.2 Å². The topological polar surface area (TPSA) is 80.2 Å². The monoisotopic (exact) mass is 473 g/mol. The number of esters is 1. The Labute approximate surface area is 194 Å². The SMILES string of the molecule is CCOC(=O)c1cncc(-c2cnc(Nc3ccc(F)c(Cl)c3)nc2N2CCC(F)CC2)c1. The van der Waals surface area contributed by atoms with Crippen molar-refractivity contribution >= 4 is 35.0 Å². The molecule has 1 saturated heterocycles. The normalized spacial score (nSPS) is 14.2. The van der Waals surface area contributed by atoms with Gasteiger partial charge in [0.25, 0.3) is 0 Å². The van der Waals surface area contributed by atoms with Gasteiger partial charge in [-0.1, -0.05) is 11.6 Å². The highest BCUT2D eigenvalue weighted by Gasteiger charge is 2.23. The molecule has 0 spiro atoms. The number of ether oxygens (including phenoxy) is 1. The summed E-state index contributed by atoms with van der Waals surface area (Å²) in [6.45, 7) is 2.95. The summed E-state index contributed by atoms with van der Waals surface area (Å²) in [6.07, 6.45) is 4.59. The van der Waals surface area contributed by atoms with E-state index in [0.29, 0.717) is 54.1 Å². The zero-order valence-electron chi connectivity index (χ0n) is 17.9. The van der Waals surface area contributed by atoms with Gasteiger partial charge in [0.15, 0.2) is 0 Å². The van der Waals surface area contributed by atoms with E-state index in [1.807, 2.05) is 4.90 Å². The summed E-state index contributed by atoms with van der Waals surface area (Å²) >= 11 is 5.87. The van der Waals surface area contributed by atoms with Crippen molar-refractivity contribution in [3.05, 3.63) is 59.3 Å². The van der Waals surface area contributed by atoms with E-state index in [2.05, 4.69) is 20.3 Å². The molecule has 33 heavy (non-hydrogen) atoms. The number of carbonyl (C=O) groups is 1. The van der Waals surface area contributed by atoms with E-state index in [1.165, 1.54) is 24.4 Å². The third-order valence-electron chi connectivity index (χ3n) is 5.23. The van der Waals surface area contributed by atoms with Crippen molar-refractivity contribution in [2.24, 2.45) is 0 Å². The Bertz CT molecular complexity index is 1160. The van der Waals surface area contributed by atoms with Crippen LogP contribution in [0, 0.1) is 5.82 Å². The molecule has 1 N–H and O–H groups in total. The van der Waals surface area contributed by atoms with Crippen LogP contribution >= 0.6 is 11.6 Å². The van der Waals surface area contributed by atoms with Gasteiger partial charge in [-0.25, -0.2) is 18.6 Å². The maximum Gasteiger partial charge on any atom is 0.339 e. The van der Waals surface area contributed by atoms with Gasteiger partial charge in [0.1, 0.15) is 17.8 Å². The minimum atomic E-state index is -0.848. The van der Waals surface area contributed by atoms with Crippen LogP contribution in [0.3, 0.4) is 0 Å². The predicted octanol–water partition coefficient (Wildman–Crippen LogP) is 5.19. The smallest absolute Gasteiger partial charge is 0.339 e. The molecule has 3 heterocycles. The molecule has 1 aromatic carbocycles. The van der Waals surface area contributed by atoms with Crippen molar-refractivity contribution in [2.45, 2.75) is 25.9 Å². The van der Waals surface area contributed by atoms with Crippen LogP contribution in [0.4, 0.5) is 26.2 Å². The molecule has 1 aliphatic heterocycles. The van der Waals surface area contributed by atoms with E-state index < -0.39 is 18.0 Å². The molecule has 7 nitrogen and oxygen atoms in total. The van der Waals surface area contributed by atoms with Crippen molar-refractivity contribution < 1.29 is 18.3 Å². The number of alkyl halides is 1. The Morgan fingerprint density at radius 3 is 2.76 bits per heavy atom. The average Bonchev–Trinajstić information content (AvgIpc) is 2.82. The van der Waals surface area contributed by atoms with Crippen LogP contribution in [0.25, 0.3) is 11.1 Å². The first-order valence-corrected chi connectivity index (χ1v) is 10.9. The van der Waals surface area contributed by atoms with Crippen LogP contribution in [0.5, 0.6) is 0 Å². The number of benzene rings is 1. The lowest BCUT2D eigenvalue weighted by atomic mass is 10.1. The molecule has 172 valence electrons. The Balaban J connectivity index is 1.71. The van der Waals surface area contributed by atoms with Gasteiger partial charge in [0.2, 0.25) is 5.95 Å². The first-order chi connectivity index (χ1) is 15.9. The van der Waals surface area contributed by atoms with Gasteiger partial charge in [-0.3, -0.25) is 4.98 Å². The van der Waals surface area contributed by atoms with Gasteiger partial charge in [-0.05, 0) is 44.0 Å². The van der Waals surface area contributed by atoms with E-state index in [-0.39, 0.29) is 17.6 Å². The number of hydrogen-bond donors (Lipinski definition) is 1. The van der Waals surface area contributed by atoms with Crippen LogP contribution in [0.2, 0.25) is 5.02 Å². The Kier molecular flexibility index (Phi) is 6.98. The highest BCUT2D eigenvalue weighted by atomic mass is 35.5. The molecule has 0 aliphatic carbocycles. The van der Waals surface area contributed by atoms with Crippen LogP contribution < -0.4 is 10.2 Å². The lowest BCUT2D eigenvalue weighted by Gasteiger charge is -2.31. The molecule has 0 amide bonds. The second-order valence-electron chi connectivity index (χ2n) is 7.53. The maximum absolute atomic E-state index is 13.8. The molecule has 1 aliphatic rings. The highest BCUT2D eigenvalue weighted by molar-refractivity contribution is 6.31. The summed E-state index contributed by atoms with van der Waals surface area (Å²) in [6, 6.07) is 5.88. The zero-order valence-corrected chi connectivity index (χ0v) is 18.6. The van der Waals surface area contributed by atoms with Crippen molar-refractivity contribution in [1.29, 1.82) is 0 Å². The molecule has 4 rings (SSSR count). The molecule has 0 unspecified atom stereocenters. The summed E-state index contributed by atoms with van der Waals surface area (Å²) in [4.78, 5) is 27.4. The largest absolute Gasteiger partial charge is 0.462 e. The zero-order chi connectivity index (χ0) is 23.4.